The zero-order chi connectivity index (χ0) is 24.9. The van der Waals surface area contributed by atoms with Crippen LogP contribution in [0.2, 0.25) is 0 Å². The summed E-state index contributed by atoms with van der Waals surface area (Å²) in [6, 6.07) is 2.57. The molecule has 1 saturated heterocycles. The van der Waals surface area contributed by atoms with Crippen LogP contribution in [0.25, 0.3) is 6.08 Å². The third kappa shape index (κ3) is 7.62. The van der Waals surface area contributed by atoms with E-state index in [0.29, 0.717) is 12.0 Å². The van der Waals surface area contributed by atoms with Crippen LogP contribution in [0, 0.1) is 18.8 Å². The second-order valence-electron chi connectivity index (χ2n) is 9.01. The zero-order valence-electron chi connectivity index (χ0n) is 19.9. The van der Waals surface area contributed by atoms with E-state index in [1.807, 2.05) is 39.8 Å². The number of carboxylic acid groups (broad SMARTS) is 1. The van der Waals surface area contributed by atoms with E-state index < -0.39 is 24.5 Å². The molecular weight excluding hydrogens is 434 g/mol. The molecule has 1 aromatic rings. The highest BCUT2D eigenvalue weighted by molar-refractivity contribution is 5.94. The van der Waals surface area contributed by atoms with Crippen LogP contribution in [-0.4, -0.2) is 46.9 Å². The minimum Gasteiger partial charge on any atom is -0.478 e. The number of ether oxygens (including phenoxy) is 3. The summed E-state index contributed by atoms with van der Waals surface area (Å²) in [7, 11) is 0. The predicted octanol–water partition coefficient (Wildman–Crippen LogP) is 5.43. The molecule has 8 heteroatoms. The van der Waals surface area contributed by atoms with Crippen molar-refractivity contribution in [2.75, 3.05) is 0 Å². The highest BCUT2D eigenvalue weighted by Crippen LogP contribution is 2.35. The van der Waals surface area contributed by atoms with E-state index in [-0.39, 0.29) is 40.9 Å². The lowest BCUT2D eigenvalue weighted by Crippen LogP contribution is -2.28. The fourth-order valence-corrected chi connectivity index (χ4v) is 3.82. The lowest BCUT2D eigenvalue weighted by molar-refractivity contribution is -0.148. The van der Waals surface area contributed by atoms with Gasteiger partial charge in [-0.25, -0.2) is 4.79 Å². The van der Waals surface area contributed by atoms with Gasteiger partial charge >= 0.3 is 12.6 Å². The van der Waals surface area contributed by atoms with Crippen LogP contribution < -0.4 is 4.74 Å². The number of rotatable bonds is 10. The first-order valence-electron chi connectivity index (χ1n) is 11.0. The van der Waals surface area contributed by atoms with E-state index in [2.05, 4.69) is 4.74 Å². The van der Waals surface area contributed by atoms with Gasteiger partial charge in [-0.15, -0.1) is 0 Å². The van der Waals surface area contributed by atoms with Crippen molar-refractivity contribution < 1.29 is 38.0 Å². The van der Waals surface area contributed by atoms with Gasteiger partial charge in [0.25, 0.3) is 0 Å². The number of aliphatic hydroxyl groups excluding tert-OH is 1. The van der Waals surface area contributed by atoms with E-state index in [4.69, 9.17) is 9.47 Å². The Morgan fingerprint density at radius 2 is 1.88 bits per heavy atom. The van der Waals surface area contributed by atoms with Crippen LogP contribution in [0.1, 0.15) is 62.5 Å². The molecule has 1 aliphatic rings. The van der Waals surface area contributed by atoms with Crippen molar-refractivity contribution in [3.63, 3.8) is 0 Å². The van der Waals surface area contributed by atoms with E-state index >= 15 is 0 Å². The summed E-state index contributed by atoms with van der Waals surface area (Å²) in [4.78, 5) is 11.7. The number of aromatic carboxylic acids is 1. The summed E-state index contributed by atoms with van der Waals surface area (Å²) in [5, 5.41) is 19.3. The minimum absolute atomic E-state index is 0.00143. The lowest BCUT2D eigenvalue weighted by atomic mass is 9.94. The Kier molecular flexibility index (Phi) is 9.17. The van der Waals surface area contributed by atoms with Gasteiger partial charge in [-0.3, -0.25) is 0 Å². The SMILES string of the molecule is Cc1cc(OC(F)F)cc(/C=C/C[C@@H]2OC(C)(C)O[C@@H]2C(C)/C=C\C(C)[C@H](C)O)c1C(=O)O. The molecule has 2 rings (SSSR count). The number of alkyl halides is 2. The maximum absolute atomic E-state index is 12.6. The molecule has 0 aromatic heterocycles. The number of aryl methyl sites for hydroxylation is 1. The quantitative estimate of drug-likeness (QED) is 0.446. The largest absolute Gasteiger partial charge is 0.478 e. The van der Waals surface area contributed by atoms with Crippen LogP contribution >= 0.6 is 0 Å². The maximum Gasteiger partial charge on any atom is 0.387 e. The Labute approximate surface area is 193 Å². The van der Waals surface area contributed by atoms with Gasteiger partial charge in [0.1, 0.15) is 5.75 Å². The van der Waals surface area contributed by atoms with Crippen molar-refractivity contribution in [3.05, 3.63) is 47.1 Å². The number of hydrogen-bond donors (Lipinski definition) is 2. The van der Waals surface area contributed by atoms with E-state index in [9.17, 15) is 23.8 Å². The summed E-state index contributed by atoms with van der Waals surface area (Å²) >= 11 is 0. The van der Waals surface area contributed by atoms with Gasteiger partial charge in [-0.1, -0.05) is 38.2 Å². The van der Waals surface area contributed by atoms with Crippen LogP contribution in [0.4, 0.5) is 8.78 Å². The topological polar surface area (TPSA) is 85.2 Å². The maximum atomic E-state index is 12.6. The standard InChI is InChI=1S/C25H34F2O6/c1-14(17(4)28)10-11-15(2)22-20(32-25(5,6)33-22)9-7-8-18-13-19(31-24(26)27)12-16(3)21(18)23(29)30/h7-8,10-15,17,20,22,24,28H,9H2,1-6H3,(H,29,30)/b8-7+,11-10-/t14?,15?,17-,20-,22+/m0/s1. The van der Waals surface area contributed by atoms with Gasteiger partial charge in [0.2, 0.25) is 0 Å². The molecule has 0 spiro atoms. The first-order valence-corrected chi connectivity index (χ1v) is 11.0. The third-order valence-corrected chi connectivity index (χ3v) is 5.66. The molecule has 1 aliphatic heterocycles. The Morgan fingerprint density at radius 3 is 2.45 bits per heavy atom. The van der Waals surface area contributed by atoms with Crippen LogP contribution in [0.5, 0.6) is 5.75 Å². The summed E-state index contributed by atoms with van der Waals surface area (Å²) in [5.41, 5.74) is 0.620. The number of hydrogen-bond acceptors (Lipinski definition) is 5. The molecule has 2 unspecified atom stereocenters. The van der Waals surface area contributed by atoms with Crippen LogP contribution in [-0.2, 0) is 9.47 Å². The average Bonchev–Trinajstić information content (AvgIpc) is 2.99. The number of benzene rings is 1. The van der Waals surface area contributed by atoms with Crippen molar-refractivity contribution in [1.82, 2.24) is 0 Å². The smallest absolute Gasteiger partial charge is 0.387 e. The normalized spacial score (nSPS) is 23.3. The molecule has 5 atom stereocenters. The Hall–Kier alpha value is -2.29. The van der Waals surface area contributed by atoms with Gasteiger partial charge in [0.05, 0.1) is 23.9 Å². The van der Waals surface area contributed by atoms with Crippen molar-refractivity contribution in [2.45, 2.75) is 78.7 Å². The highest BCUT2D eigenvalue weighted by atomic mass is 19.3. The molecule has 1 heterocycles. The molecule has 0 aliphatic carbocycles. The number of halogens is 2. The second-order valence-corrected chi connectivity index (χ2v) is 9.01. The number of carboxylic acids is 1. The lowest BCUT2D eigenvalue weighted by Gasteiger charge is -2.21. The summed E-state index contributed by atoms with van der Waals surface area (Å²) in [6.07, 6.45) is 6.70. The molecule has 0 amide bonds. The molecule has 0 bridgehead atoms. The molecule has 0 radical (unpaired) electrons. The van der Waals surface area contributed by atoms with Gasteiger partial charge in [0, 0.05) is 5.92 Å². The van der Waals surface area contributed by atoms with E-state index in [1.54, 1.807) is 19.1 Å². The first-order chi connectivity index (χ1) is 15.3. The van der Waals surface area contributed by atoms with Crippen molar-refractivity contribution in [2.24, 2.45) is 11.8 Å². The van der Waals surface area contributed by atoms with Gasteiger partial charge in [0.15, 0.2) is 5.79 Å². The van der Waals surface area contributed by atoms with Gasteiger partial charge in [-0.05, 0) is 63.3 Å². The first kappa shape index (κ1) is 27.0. The Balaban J connectivity index is 2.22. The van der Waals surface area contributed by atoms with Gasteiger partial charge < -0.3 is 24.4 Å². The van der Waals surface area contributed by atoms with Gasteiger partial charge in [-0.2, -0.15) is 8.78 Å². The van der Waals surface area contributed by atoms with E-state index in [0.717, 1.165) is 0 Å². The van der Waals surface area contributed by atoms with Crippen LogP contribution in [0.15, 0.2) is 30.4 Å². The molecule has 6 nitrogen and oxygen atoms in total. The Bertz CT molecular complexity index is 878. The Morgan fingerprint density at radius 1 is 1.21 bits per heavy atom. The number of carbonyl (C=O) groups is 1. The average molecular weight is 469 g/mol. The summed E-state index contributed by atoms with van der Waals surface area (Å²) in [5.74, 6) is -2.03. The molecular formula is C25H34F2O6. The molecule has 184 valence electrons. The molecule has 1 fully saturated rings. The second kappa shape index (κ2) is 11.2. The zero-order valence-corrected chi connectivity index (χ0v) is 19.9. The number of aliphatic hydroxyl groups is 1. The highest BCUT2D eigenvalue weighted by Gasteiger charge is 2.42. The van der Waals surface area contributed by atoms with Crippen LogP contribution in [0.3, 0.4) is 0 Å². The summed E-state index contributed by atoms with van der Waals surface area (Å²) in [6.45, 7) is 7.86. The molecule has 33 heavy (non-hydrogen) atoms. The fraction of sp³-hybridized carbons (Fsp3) is 0.560. The summed E-state index contributed by atoms with van der Waals surface area (Å²) < 4.78 is 41.9. The predicted molar refractivity (Wildman–Crippen MR) is 121 cm³/mol. The minimum atomic E-state index is -3.00. The fourth-order valence-electron chi connectivity index (χ4n) is 3.82. The molecule has 0 saturated carbocycles. The monoisotopic (exact) mass is 468 g/mol. The van der Waals surface area contributed by atoms with Crippen molar-refractivity contribution >= 4 is 12.0 Å². The third-order valence-electron chi connectivity index (χ3n) is 5.66. The van der Waals surface area contributed by atoms with E-state index in [1.165, 1.54) is 19.1 Å². The molecule has 2 N–H and O–H groups in total. The van der Waals surface area contributed by atoms with Crippen molar-refractivity contribution in [3.8, 4) is 5.75 Å². The molecule has 1 aromatic carbocycles. The van der Waals surface area contributed by atoms with Crippen molar-refractivity contribution in [1.29, 1.82) is 0 Å².